The van der Waals surface area contributed by atoms with Gasteiger partial charge in [-0.15, -0.1) is 0 Å². The lowest BCUT2D eigenvalue weighted by Crippen LogP contribution is -2.48. The maximum atomic E-state index is 18.3. The van der Waals surface area contributed by atoms with Gasteiger partial charge in [0, 0.05) is 44.5 Å². The Kier molecular flexibility index (Phi) is 13.3. The summed E-state index contributed by atoms with van der Waals surface area (Å²) < 4.78 is 292. The average Bonchev–Trinajstić information content (AvgIpc) is 1.50. The Labute approximate surface area is 703 Å². The van der Waals surface area contributed by atoms with E-state index < -0.39 is 119 Å². The molecule has 0 radical (unpaired) electrons. The molecule has 0 heterocycles. The summed E-state index contributed by atoms with van der Waals surface area (Å²) in [5.74, 6) is -33.8. The standard InChI is InChI=1S/C109H56F16/c110-102(111)81-25-9-10-26-82(81)103(112,113)98(102)77-21-5-1-17-65(77)73-45-37-61(53-93(73)98)57-33-41-69-70-42-34-58(62-38-46-74-66-18-2-6-22-78(66)99(94(74)54-62)104(114,115)83-27-11-12-28-84(83)105(99,116)117)50-90(70)97(89(69)49-57)91-51-59(63-39-47-75-67-19-3-7-23-79(67)100(95(75)55-63)106(118,119)85-29-13-14-30-86(85)107(100,120)121)35-43-71(91)72-44-36-60(52-92(72)97)64-40-48-76-68-20-4-8-24-80(68)101(96(76)56-64)108(122,123)87-31-15-16-32-88(87)109(101,124)125/h1-56H. The van der Waals surface area contributed by atoms with Crippen molar-refractivity contribution in [3.8, 4) is 111 Å². The SMILES string of the molecule is FC1(F)c2ccccc2C(F)(F)C12c1ccccc1-c1ccc(-c3ccc4c(c3)C3(c5cc(-c6ccc7c(c6)C6(c8ccccc8-7)C(F)(F)c7ccccc7C6(F)F)ccc5-4)c4cc(-c5ccc6c(c5)C5(c7ccccc7-6)C(F)(F)c6ccccc6C5(F)F)ccc4-c4ccc(-c5ccc6c(c5)C5(c7ccccc7-6)C(F)(F)c6ccccc6C5(F)F)cc43)cc12. The molecule has 10 aliphatic rings. The number of fused-ring (bicyclic) bond motifs is 34. The van der Waals surface area contributed by atoms with Crippen LogP contribution in [0.1, 0.15) is 111 Å². The highest BCUT2D eigenvalue weighted by atomic mass is 19.3. The van der Waals surface area contributed by atoms with Crippen molar-refractivity contribution in [3.63, 3.8) is 0 Å². The van der Waals surface area contributed by atoms with Crippen molar-refractivity contribution < 1.29 is 70.2 Å². The molecule has 0 N–H and O–H groups in total. The van der Waals surface area contributed by atoms with Gasteiger partial charge in [0.15, 0.2) is 21.7 Å². The quantitative estimate of drug-likeness (QED) is 0.154. The maximum absolute atomic E-state index is 18.3. The van der Waals surface area contributed by atoms with Gasteiger partial charge >= 0.3 is 0 Å². The van der Waals surface area contributed by atoms with Crippen molar-refractivity contribution in [2.75, 3.05) is 0 Å². The average molecular weight is 1670 g/mol. The molecule has 5 spiro atoms. The molecule has 0 amide bonds. The molecule has 125 heavy (non-hydrogen) atoms. The second-order valence-electron chi connectivity index (χ2n) is 34.8. The van der Waals surface area contributed by atoms with Crippen LogP contribution in [0.25, 0.3) is 111 Å². The van der Waals surface area contributed by atoms with Crippen LogP contribution in [0.2, 0.25) is 0 Å². The first kappa shape index (κ1) is 73.0. The van der Waals surface area contributed by atoms with Gasteiger partial charge in [0.05, 0.1) is 5.41 Å². The minimum absolute atomic E-state index is 0.136. The van der Waals surface area contributed by atoms with Crippen LogP contribution in [0.5, 0.6) is 0 Å². The maximum Gasteiger partial charge on any atom is 0.293 e. The summed E-state index contributed by atoms with van der Waals surface area (Å²) in [7, 11) is 0. The van der Waals surface area contributed by atoms with Crippen LogP contribution in [0, 0.1) is 0 Å². The molecule has 16 aromatic carbocycles. The topological polar surface area (TPSA) is 0 Å². The molecule has 0 nitrogen and oxygen atoms in total. The van der Waals surface area contributed by atoms with E-state index in [1.807, 2.05) is 24.3 Å². The van der Waals surface area contributed by atoms with Crippen LogP contribution in [0.3, 0.4) is 0 Å². The Bertz CT molecular complexity index is 6650. The molecule has 0 bridgehead atoms. The molecule has 604 valence electrons. The summed E-state index contributed by atoms with van der Waals surface area (Å²) in [6, 6.07) is 81.7. The van der Waals surface area contributed by atoms with Crippen molar-refractivity contribution >= 4 is 0 Å². The predicted octanol–water partition coefficient (Wildman–Crippen LogP) is 29.4. The zero-order chi connectivity index (χ0) is 85.2. The van der Waals surface area contributed by atoms with E-state index in [1.54, 1.807) is 121 Å². The summed E-state index contributed by atoms with van der Waals surface area (Å²) in [5, 5.41) is 0. The monoisotopic (exact) mass is 1670 g/mol. The van der Waals surface area contributed by atoms with E-state index >= 15 is 70.2 Å². The normalized spacial score (nSPS) is 19.7. The lowest BCUT2D eigenvalue weighted by atomic mass is 9.68. The lowest BCUT2D eigenvalue weighted by Gasteiger charge is -2.38. The van der Waals surface area contributed by atoms with Gasteiger partial charge in [-0.25, -0.2) is 0 Å². The molecule has 16 heteroatoms. The molecule has 26 rings (SSSR count). The second-order valence-corrected chi connectivity index (χ2v) is 34.8. The predicted molar refractivity (Wildman–Crippen MR) is 446 cm³/mol. The van der Waals surface area contributed by atoms with Crippen molar-refractivity contribution in [3.05, 3.63) is 451 Å². The van der Waals surface area contributed by atoms with Gasteiger partial charge in [-0.1, -0.05) is 291 Å². The second kappa shape index (κ2) is 22.9. The summed E-state index contributed by atoms with van der Waals surface area (Å²) in [6.07, 6.45) is 0. The number of rotatable bonds is 4. The molecular weight excluding hydrogens is 1610 g/mol. The van der Waals surface area contributed by atoms with Gasteiger partial charge in [-0.2, -0.15) is 70.2 Å². The molecule has 0 aliphatic heterocycles. The van der Waals surface area contributed by atoms with E-state index in [9.17, 15) is 0 Å². The first-order valence-electron chi connectivity index (χ1n) is 41.0. The van der Waals surface area contributed by atoms with Crippen LogP contribution < -0.4 is 0 Å². The van der Waals surface area contributed by atoms with Crippen molar-refractivity contribution in [2.45, 2.75) is 74.5 Å². The van der Waals surface area contributed by atoms with Crippen LogP contribution in [-0.4, -0.2) is 0 Å². The van der Waals surface area contributed by atoms with Crippen molar-refractivity contribution in [2.24, 2.45) is 0 Å². The molecule has 16 aromatic rings. The van der Waals surface area contributed by atoms with Gasteiger partial charge in [-0.3, -0.25) is 0 Å². The van der Waals surface area contributed by atoms with Crippen molar-refractivity contribution in [1.82, 2.24) is 0 Å². The molecule has 0 unspecified atom stereocenters. The fourth-order valence-electron chi connectivity index (χ4n) is 25.0. The molecule has 0 saturated carbocycles. The molecule has 0 fully saturated rings. The molecular formula is C109H56F16. The minimum Gasteiger partial charge on any atom is -0.200 e. The van der Waals surface area contributed by atoms with E-state index in [1.165, 1.54) is 146 Å². The van der Waals surface area contributed by atoms with E-state index in [4.69, 9.17) is 0 Å². The Morgan fingerprint density at radius 1 is 0.112 bits per heavy atom. The number of alkyl halides is 16. The Morgan fingerprint density at radius 3 is 0.392 bits per heavy atom. The molecule has 0 atom stereocenters. The summed E-state index contributed by atoms with van der Waals surface area (Å²) in [4.78, 5) is 0. The number of benzene rings is 16. The van der Waals surface area contributed by atoms with E-state index in [2.05, 4.69) is 0 Å². The summed E-state index contributed by atoms with van der Waals surface area (Å²) in [6.45, 7) is 0. The largest absolute Gasteiger partial charge is 0.293 e. The van der Waals surface area contributed by atoms with E-state index in [0.717, 1.165) is 48.5 Å². The summed E-state index contributed by atoms with van der Waals surface area (Å²) >= 11 is 0. The third kappa shape index (κ3) is 7.70. The molecule has 0 aromatic heterocycles. The van der Waals surface area contributed by atoms with Gasteiger partial charge < -0.3 is 0 Å². The first-order chi connectivity index (χ1) is 60.0. The Balaban J connectivity index is 0.742. The fourth-order valence-corrected chi connectivity index (χ4v) is 25.0. The highest BCUT2D eigenvalue weighted by Gasteiger charge is 2.83. The van der Waals surface area contributed by atoms with E-state index in [0.29, 0.717) is 66.8 Å². The van der Waals surface area contributed by atoms with Gasteiger partial charge in [0.1, 0.15) is 0 Å². The van der Waals surface area contributed by atoms with Crippen LogP contribution in [0.15, 0.2) is 340 Å². The van der Waals surface area contributed by atoms with Crippen LogP contribution in [0.4, 0.5) is 70.2 Å². The fraction of sp³-hybridized carbons (Fsp3) is 0.119. The number of hydrogen-bond donors (Lipinski definition) is 0. The van der Waals surface area contributed by atoms with Crippen LogP contribution in [-0.2, 0) is 74.5 Å². The Morgan fingerprint density at radius 2 is 0.232 bits per heavy atom. The summed E-state index contributed by atoms with van der Waals surface area (Å²) in [5.41, 5.74) is -17.3. The van der Waals surface area contributed by atoms with Gasteiger partial charge in [0.2, 0.25) is 0 Å². The van der Waals surface area contributed by atoms with Crippen LogP contribution >= 0.6 is 0 Å². The third-order valence-electron chi connectivity index (χ3n) is 30.0. The highest BCUT2D eigenvalue weighted by Crippen LogP contribution is 2.79. The zero-order valence-corrected chi connectivity index (χ0v) is 64.9. The number of halogens is 16. The lowest BCUT2D eigenvalue weighted by molar-refractivity contribution is -0.163. The van der Waals surface area contributed by atoms with Gasteiger partial charge in [0.25, 0.3) is 47.4 Å². The highest BCUT2D eigenvalue weighted by molar-refractivity contribution is 6.01. The third-order valence-corrected chi connectivity index (χ3v) is 30.0. The molecule has 0 saturated heterocycles. The van der Waals surface area contributed by atoms with E-state index in [-0.39, 0.29) is 111 Å². The van der Waals surface area contributed by atoms with Gasteiger partial charge in [-0.05, 0) is 227 Å². The minimum atomic E-state index is -4.23. The first-order valence-corrected chi connectivity index (χ1v) is 41.0. The number of hydrogen-bond acceptors (Lipinski definition) is 0. The molecule has 10 aliphatic carbocycles. The Hall–Kier alpha value is -13.6. The zero-order valence-electron chi connectivity index (χ0n) is 64.9. The van der Waals surface area contributed by atoms with Crippen molar-refractivity contribution in [1.29, 1.82) is 0 Å². The smallest absolute Gasteiger partial charge is 0.200 e.